The Balaban J connectivity index is 1.57. The van der Waals surface area contributed by atoms with Crippen molar-refractivity contribution in [2.24, 2.45) is 0 Å². The van der Waals surface area contributed by atoms with E-state index in [0.29, 0.717) is 35.4 Å². The monoisotopic (exact) mass is 367 g/mol. The molecule has 0 radical (unpaired) electrons. The van der Waals surface area contributed by atoms with Crippen LogP contribution in [0.15, 0.2) is 46.9 Å². The predicted molar refractivity (Wildman–Crippen MR) is 101 cm³/mol. The lowest BCUT2D eigenvalue weighted by molar-refractivity contribution is -0.116. The summed E-state index contributed by atoms with van der Waals surface area (Å²) in [6, 6.07) is 13.0. The number of rotatable bonds is 7. The van der Waals surface area contributed by atoms with E-state index in [1.54, 1.807) is 32.4 Å². The molecule has 1 amide bonds. The minimum atomic E-state index is -0.155. The molecule has 0 atom stereocenters. The highest BCUT2D eigenvalue weighted by molar-refractivity contribution is 5.91. The molecule has 140 valence electrons. The van der Waals surface area contributed by atoms with Gasteiger partial charge in [0.2, 0.25) is 17.7 Å². The van der Waals surface area contributed by atoms with E-state index >= 15 is 0 Å². The fraction of sp³-hybridized carbons (Fsp3) is 0.250. The zero-order valence-electron chi connectivity index (χ0n) is 15.5. The number of amides is 1. The van der Waals surface area contributed by atoms with E-state index in [1.807, 2.05) is 31.2 Å². The Hall–Kier alpha value is -3.35. The Labute approximate surface area is 157 Å². The lowest BCUT2D eigenvalue weighted by Crippen LogP contribution is -2.12. The van der Waals surface area contributed by atoms with Gasteiger partial charge in [-0.25, -0.2) is 0 Å². The summed E-state index contributed by atoms with van der Waals surface area (Å²) in [7, 11) is 3.11. The Bertz CT molecular complexity index is 919. The third-order valence-electron chi connectivity index (χ3n) is 4.00. The smallest absolute Gasteiger partial charge is 0.247 e. The van der Waals surface area contributed by atoms with Gasteiger partial charge in [0.05, 0.1) is 14.2 Å². The maximum Gasteiger partial charge on any atom is 0.247 e. The van der Waals surface area contributed by atoms with Crippen molar-refractivity contribution in [2.75, 3.05) is 19.5 Å². The predicted octanol–water partition coefficient (Wildman–Crippen LogP) is 3.63. The zero-order chi connectivity index (χ0) is 19.2. The van der Waals surface area contributed by atoms with Crippen molar-refractivity contribution >= 4 is 11.6 Å². The van der Waals surface area contributed by atoms with Crippen LogP contribution in [0.25, 0.3) is 11.5 Å². The highest BCUT2D eigenvalue weighted by Gasteiger charge is 2.12. The molecule has 0 saturated heterocycles. The first-order valence-corrected chi connectivity index (χ1v) is 8.50. The van der Waals surface area contributed by atoms with E-state index in [4.69, 9.17) is 13.9 Å². The number of aromatic nitrogens is 2. The second-order valence-electron chi connectivity index (χ2n) is 5.98. The number of hydrogen-bond donors (Lipinski definition) is 1. The van der Waals surface area contributed by atoms with Crippen molar-refractivity contribution in [1.82, 2.24) is 10.2 Å². The van der Waals surface area contributed by atoms with E-state index in [1.165, 1.54) is 0 Å². The molecule has 0 spiro atoms. The lowest BCUT2D eigenvalue weighted by atomic mass is 10.1. The number of carbonyl (C=O) groups is 1. The SMILES string of the molecule is COc1ccc(NC(=O)CCc2nnc(-c3ccc(C)cc3)o2)cc1OC. The maximum absolute atomic E-state index is 12.2. The molecule has 1 heterocycles. The van der Waals surface area contributed by atoms with E-state index in [-0.39, 0.29) is 12.3 Å². The molecule has 27 heavy (non-hydrogen) atoms. The highest BCUT2D eigenvalue weighted by Crippen LogP contribution is 2.29. The summed E-state index contributed by atoms with van der Waals surface area (Å²) in [5, 5.41) is 10.9. The second kappa shape index (κ2) is 8.35. The van der Waals surface area contributed by atoms with Crippen LogP contribution in [0.1, 0.15) is 17.9 Å². The van der Waals surface area contributed by atoms with Gasteiger partial charge < -0.3 is 19.2 Å². The van der Waals surface area contributed by atoms with Crippen molar-refractivity contribution in [1.29, 1.82) is 0 Å². The number of hydrogen-bond acceptors (Lipinski definition) is 6. The molecule has 7 heteroatoms. The summed E-state index contributed by atoms with van der Waals surface area (Å²) < 4.78 is 16.1. The summed E-state index contributed by atoms with van der Waals surface area (Å²) in [4.78, 5) is 12.2. The number of methoxy groups -OCH3 is 2. The van der Waals surface area contributed by atoms with Crippen LogP contribution in [0.2, 0.25) is 0 Å². The number of anilines is 1. The normalized spacial score (nSPS) is 10.5. The Morgan fingerprint density at radius 3 is 2.48 bits per heavy atom. The Morgan fingerprint density at radius 2 is 1.78 bits per heavy atom. The van der Waals surface area contributed by atoms with Gasteiger partial charge in [-0.2, -0.15) is 0 Å². The minimum Gasteiger partial charge on any atom is -0.493 e. The molecule has 3 rings (SSSR count). The van der Waals surface area contributed by atoms with Crippen LogP contribution in [0.4, 0.5) is 5.69 Å². The Morgan fingerprint density at radius 1 is 1.04 bits per heavy atom. The van der Waals surface area contributed by atoms with E-state index in [0.717, 1.165) is 11.1 Å². The summed E-state index contributed by atoms with van der Waals surface area (Å²) >= 11 is 0. The molecule has 0 bridgehead atoms. The molecular formula is C20H21N3O4. The third kappa shape index (κ3) is 4.63. The van der Waals surface area contributed by atoms with Gasteiger partial charge in [-0.05, 0) is 31.2 Å². The van der Waals surface area contributed by atoms with Gasteiger partial charge in [0.1, 0.15) is 0 Å². The van der Waals surface area contributed by atoms with Crippen molar-refractivity contribution in [3.8, 4) is 23.0 Å². The number of benzene rings is 2. The number of ether oxygens (including phenoxy) is 2. The second-order valence-corrected chi connectivity index (χ2v) is 5.98. The summed E-state index contributed by atoms with van der Waals surface area (Å²) in [5.41, 5.74) is 2.64. The lowest BCUT2D eigenvalue weighted by Gasteiger charge is -2.10. The topological polar surface area (TPSA) is 86.5 Å². The highest BCUT2D eigenvalue weighted by atomic mass is 16.5. The van der Waals surface area contributed by atoms with Gasteiger partial charge in [0.15, 0.2) is 11.5 Å². The molecular weight excluding hydrogens is 346 g/mol. The zero-order valence-corrected chi connectivity index (χ0v) is 15.5. The third-order valence-corrected chi connectivity index (χ3v) is 4.00. The van der Waals surface area contributed by atoms with Gasteiger partial charge in [-0.3, -0.25) is 4.79 Å². The first-order chi connectivity index (χ1) is 13.1. The molecule has 1 aromatic heterocycles. The van der Waals surface area contributed by atoms with Crippen LogP contribution in [-0.4, -0.2) is 30.3 Å². The standard InChI is InChI=1S/C20H21N3O4/c1-13-4-6-14(7-5-13)20-23-22-19(27-20)11-10-18(24)21-15-8-9-16(25-2)17(12-15)26-3/h4-9,12H,10-11H2,1-3H3,(H,21,24). The van der Waals surface area contributed by atoms with Gasteiger partial charge >= 0.3 is 0 Å². The number of aryl methyl sites for hydroxylation is 2. The van der Waals surface area contributed by atoms with Gasteiger partial charge in [-0.15, -0.1) is 10.2 Å². The van der Waals surface area contributed by atoms with Crippen molar-refractivity contribution in [3.63, 3.8) is 0 Å². The molecule has 7 nitrogen and oxygen atoms in total. The first kappa shape index (κ1) is 18.4. The quantitative estimate of drug-likeness (QED) is 0.686. The molecule has 0 unspecified atom stereocenters. The number of carbonyl (C=O) groups excluding carboxylic acids is 1. The molecule has 0 saturated carbocycles. The molecule has 0 aliphatic rings. The van der Waals surface area contributed by atoms with Crippen LogP contribution < -0.4 is 14.8 Å². The minimum absolute atomic E-state index is 0.155. The molecule has 2 aromatic carbocycles. The van der Waals surface area contributed by atoms with Crippen molar-refractivity contribution in [3.05, 3.63) is 53.9 Å². The number of nitrogens with zero attached hydrogens (tertiary/aromatic N) is 2. The molecule has 0 fully saturated rings. The molecule has 3 aromatic rings. The van der Waals surface area contributed by atoms with E-state index in [9.17, 15) is 4.79 Å². The summed E-state index contributed by atoms with van der Waals surface area (Å²) in [5.74, 6) is 1.87. The van der Waals surface area contributed by atoms with Crippen LogP contribution in [0, 0.1) is 6.92 Å². The first-order valence-electron chi connectivity index (χ1n) is 8.50. The van der Waals surface area contributed by atoms with E-state index < -0.39 is 0 Å². The fourth-order valence-electron chi connectivity index (χ4n) is 2.53. The van der Waals surface area contributed by atoms with Crippen LogP contribution in [0.3, 0.4) is 0 Å². The Kier molecular flexibility index (Phi) is 5.71. The average Bonchev–Trinajstić information content (AvgIpc) is 3.16. The summed E-state index contributed by atoms with van der Waals surface area (Å²) in [6.07, 6.45) is 0.585. The fourth-order valence-corrected chi connectivity index (χ4v) is 2.53. The molecule has 0 aliphatic carbocycles. The van der Waals surface area contributed by atoms with Gasteiger partial charge in [0, 0.05) is 30.2 Å². The number of nitrogens with one attached hydrogen (secondary N) is 1. The maximum atomic E-state index is 12.2. The van der Waals surface area contributed by atoms with Crippen molar-refractivity contribution in [2.45, 2.75) is 19.8 Å². The summed E-state index contributed by atoms with van der Waals surface area (Å²) in [6.45, 7) is 2.01. The van der Waals surface area contributed by atoms with Crippen LogP contribution in [0.5, 0.6) is 11.5 Å². The van der Waals surface area contributed by atoms with Gasteiger partial charge in [-0.1, -0.05) is 17.7 Å². The van der Waals surface area contributed by atoms with E-state index in [2.05, 4.69) is 15.5 Å². The molecule has 1 N–H and O–H groups in total. The van der Waals surface area contributed by atoms with Gasteiger partial charge in [0.25, 0.3) is 0 Å². The van der Waals surface area contributed by atoms with Crippen LogP contribution >= 0.6 is 0 Å². The molecule has 0 aliphatic heterocycles. The van der Waals surface area contributed by atoms with Crippen molar-refractivity contribution < 1.29 is 18.7 Å². The average molecular weight is 367 g/mol. The van der Waals surface area contributed by atoms with Crippen LogP contribution in [-0.2, 0) is 11.2 Å². The largest absolute Gasteiger partial charge is 0.493 e.